The number of anilines is 1. The molecule has 1 N–H and O–H groups in total. The van der Waals surface area contributed by atoms with Crippen LogP contribution in [-0.2, 0) is 0 Å². The third kappa shape index (κ3) is 2.31. The number of benzene rings is 1. The van der Waals surface area contributed by atoms with Crippen LogP contribution in [0.1, 0.15) is 26.2 Å². The Bertz CT molecular complexity index is 388. The predicted molar refractivity (Wildman–Crippen MR) is 56.7 cm³/mol. The van der Waals surface area contributed by atoms with Crippen LogP contribution in [0, 0.1) is 23.4 Å². The van der Waals surface area contributed by atoms with Crippen molar-refractivity contribution in [3.63, 3.8) is 0 Å². The molecule has 2 rings (SSSR count). The molecule has 1 saturated carbocycles. The van der Waals surface area contributed by atoms with Crippen LogP contribution < -0.4 is 5.32 Å². The molecule has 4 heteroatoms. The molecule has 0 aliphatic heterocycles. The molecule has 0 bridgehead atoms. The van der Waals surface area contributed by atoms with Crippen molar-refractivity contribution in [2.24, 2.45) is 5.92 Å². The zero-order valence-corrected chi connectivity index (χ0v) is 9.06. The summed E-state index contributed by atoms with van der Waals surface area (Å²) in [6, 6.07) is 1.66. The van der Waals surface area contributed by atoms with Crippen molar-refractivity contribution in [1.82, 2.24) is 0 Å². The van der Waals surface area contributed by atoms with Gasteiger partial charge in [0.15, 0.2) is 11.6 Å². The largest absolute Gasteiger partial charge is 0.380 e. The molecular formula is C12H14F3N. The van der Waals surface area contributed by atoms with Crippen LogP contribution in [0.25, 0.3) is 0 Å². The van der Waals surface area contributed by atoms with Crippen molar-refractivity contribution in [3.05, 3.63) is 29.6 Å². The number of hydrogen-bond acceptors (Lipinski definition) is 1. The summed E-state index contributed by atoms with van der Waals surface area (Å²) in [5.41, 5.74) is -0.0729. The van der Waals surface area contributed by atoms with E-state index in [9.17, 15) is 13.2 Å². The van der Waals surface area contributed by atoms with Crippen molar-refractivity contribution in [2.75, 3.05) is 5.32 Å². The standard InChI is InChI=1S/C12H14F3N/c1-2-10(7-3-4-7)16-11-6-8(13)5-9(14)12(11)15/h5-7,10,16H,2-4H2,1H3. The molecule has 0 amide bonds. The number of halogens is 3. The molecule has 1 aromatic carbocycles. The molecule has 1 aliphatic carbocycles. The van der Waals surface area contributed by atoms with Gasteiger partial charge in [-0.05, 0) is 25.2 Å². The number of rotatable bonds is 4. The molecule has 0 radical (unpaired) electrons. The summed E-state index contributed by atoms with van der Waals surface area (Å²) in [6.45, 7) is 1.98. The lowest BCUT2D eigenvalue weighted by atomic mass is 10.1. The van der Waals surface area contributed by atoms with Crippen molar-refractivity contribution in [2.45, 2.75) is 32.2 Å². The maximum Gasteiger partial charge on any atom is 0.182 e. The Morgan fingerprint density at radius 1 is 1.31 bits per heavy atom. The summed E-state index contributed by atoms with van der Waals surface area (Å²) < 4.78 is 39.2. The smallest absolute Gasteiger partial charge is 0.182 e. The van der Waals surface area contributed by atoms with Crippen LogP contribution in [0.5, 0.6) is 0 Å². The fourth-order valence-corrected chi connectivity index (χ4v) is 1.91. The zero-order valence-electron chi connectivity index (χ0n) is 9.06. The molecule has 1 aromatic rings. The zero-order chi connectivity index (χ0) is 11.7. The van der Waals surface area contributed by atoms with Crippen LogP contribution >= 0.6 is 0 Å². The van der Waals surface area contributed by atoms with Crippen LogP contribution in [0.4, 0.5) is 18.9 Å². The highest BCUT2D eigenvalue weighted by atomic mass is 19.2. The molecule has 0 saturated heterocycles. The van der Waals surface area contributed by atoms with Gasteiger partial charge in [0.1, 0.15) is 5.82 Å². The highest BCUT2D eigenvalue weighted by Crippen LogP contribution is 2.36. The van der Waals surface area contributed by atoms with Gasteiger partial charge in [-0.15, -0.1) is 0 Å². The molecule has 1 aliphatic rings. The lowest BCUT2D eigenvalue weighted by Gasteiger charge is -2.18. The van der Waals surface area contributed by atoms with Gasteiger partial charge in [0.2, 0.25) is 0 Å². The van der Waals surface area contributed by atoms with Gasteiger partial charge >= 0.3 is 0 Å². The van der Waals surface area contributed by atoms with Crippen LogP contribution in [-0.4, -0.2) is 6.04 Å². The summed E-state index contributed by atoms with van der Waals surface area (Å²) in [6.07, 6.45) is 3.03. The van der Waals surface area contributed by atoms with Crippen LogP contribution in [0.2, 0.25) is 0 Å². The minimum absolute atomic E-state index is 0.0729. The van der Waals surface area contributed by atoms with E-state index in [0.717, 1.165) is 25.3 Å². The van der Waals surface area contributed by atoms with Crippen molar-refractivity contribution in [3.8, 4) is 0 Å². The number of hydrogen-bond donors (Lipinski definition) is 1. The Morgan fingerprint density at radius 3 is 2.56 bits per heavy atom. The van der Waals surface area contributed by atoms with Crippen molar-refractivity contribution >= 4 is 5.69 Å². The topological polar surface area (TPSA) is 12.0 Å². The lowest BCUT2D eigenvalue weighted by molar-refractivity contribution is 0.493. The highest BCUT2D eigenvalue weighted by Gasteiger charge is 2.30. The Kier molecular flexibility index (Phi) is 3.08. The lowest BCUT2D eigenvalue weighted by Crippen LogP contribution is -2.21. The monoisotopic (exact) mass is 229 g/mol. The van der Waals surface area contributed by atoms with E-state index in [0.29, 0.717) is 12.0 Å². The summed E-state index contributed by atoms with van der Waals surface area (Å²) >= 11 is 0. The first-order chi connectivity index (χ1) is 7.61. The van der Waals surface area contributed by atoms with E-state index in [1.165, 1.54) is 0 Å². The minimum atomic E-state index is -1.15. The summed E-state index contributed by atoms with van der Waals surface area (Å²) in [7, 11) is 0. The third-order valence-corrected chi connectivity index (χ3v) is 2.96. The summed E-state index contributed by atoms with van der Waals surface area (Å²) in [5.74, 6) is -2.39. The fraction of sp³-hybridized carbons (Fsp3) is 0.500. The first kappa shape index (κ1) is 11.3. The number of nitrogens with one attached hydrogen (secondary N) is 1. The van der Waals surface area contributed by atoms with Crippen LogP contribution in [0.3, 0.4) is 0 Å². The van der Waals surface area contributed by atoms with E-state index in [1.807, 2.05) is 6.92 Å². The normalized spacial score (nSPS) is 17.2. The third-order valence-electron chi connectivity index (χ3n) is 2.96. The quantitative estimate of drug-likeness (QED) is 0.776. The van der Waals surface area contributed by atoms with E-state index in [2.05, 4.69) is 5.32 Å². The van der Waals surface area contributed by atoms with Gasteiger partial charge in [-0.3, -0.25) is 0 Å². The Balaban J connectivity index is 2.19. The molecule has 0 heterocycles. The molecule has 0 aromatic heterocycles. The van der Waals surface area contributed by atoms with E-state index >= 15 is 0 Å². The van der Waals surface area contributed by atoms with Gasteiger partial charge in [-0.2, -0.15) is 0 Å². The first-order valence-electron chi connectivity index (χ1n) is 5.53. The fourth-order valence-electron chi connectivity index (χ4n) is 1.91. The second-order valence-corrected chi connectivity index (χ2v) is 4.25. The van der Waals surface area contributed by atoms with E-state index in [4.69, 9.17) is 0 Å². The average molecular weight is 229 g/mol. The van der Waals surface area contributed by atoms with Gasteiger partial charge in [-0.1, -0.05) is 6.92 Å². The molecule has 1 fully saturated rings. The molecule has 88 valence electrons. The van der Waals surface area contributed by atoms with E-state index in [-0.39, 0.29) is 11.7 Å². The molecule has 16 heavy (non-hydrogen) atoms. The molecule has 1 atom stereocenters. The molecule has 1 unspecified atom stereocenters. The van der Waals surface area contributed by atoms with Crippen molar-refractivity contribution in [1.29, 1.82) is 0 Å². The average Bonchev–Trinajstić information content (AvgIpc) is 3.05. The second kappa shape index (κ2) is 4.36. The van der Waals surface area contributed by atoms with Gasteiger partial charge in [0.25, 0.3) is 0 Å². The summed E-state index contributed by atoms with van der Waals surface area (Å²) in [4.78, 5) is 0. The highest BCUT2D eigenvalue weighted by molar-refractivity contribution is 5.46. The minimum Gasteiger partial charge on any atom is -0.380 e. The molecule has 0 spiro atoms. The van der Waals surface area contributed by atoms with Gasteiger partial charge in [0, 0.05) is 18.2 Å². The van der Waals surface area contributed by atoms with Gasteiger partial charge in [-0.25, -0.2) is 13.2 Å². The molecule has 1 nitrogen and oxygen atoms in total. The maximum absolute atomic E-state index is 13.4. The van der Waals surface area contributed by atoms with Gasteiger partial charge < -0.3 is 5.32 Å². The van der Waals surface area contributed by atoms with Crippen LogP contribution in [0.15, 0.2) is 12.1 Å². The Morgan fingerprint density at radius 2 is 2.00 bits per heavy atom. The van der Waals surface area contributed by atoms with E-state index in [1.54, 1.807) is 0 Å². The predicted octanol–water partition coefficient (Wildman–Crippen LogP) is 3.70. The van der Waals surface area contributed by atoms with Gasteiger partial charge in [0.05, 0.1) is 5.69 Å². The second-order valence-electron chi connectivity index (χ2n) is 4.25. The first-order valence-corrected chi connectivity index (χ1v) is 5.53. The SMILES string of the molecule is CCC(Nc1cc(F)cc(F)c1F)C1CC1. The molecular weight excluding hydrogens is 215 g/mol. The maximum atomic E-state index is 13.4. The summed E-state index contributed by atoms with van der Waals surface area (Å²) in [5, 5.41) is 2.89. The Labute approximate surface area is 92.7 Å². The Hall–Kier alpha value is -1.19. The van der Waals surface area contributed by atoms with Crippen molar-refractivity contribution < 1.29 is 13.2 Å². The van der Waals surface area contributed by atoms with E-state index < -0.39 is 17.5 Å².